The molecular weight excluding hydrogens is 380 g/mol. The first-order valence-corrected chi connectivity index (χ1v) is 12.3. The van der Waals surface area contributed by atoms with Gasteiger partial charge >= 0.3 is 0 Å². The van der Waals surface area contributed by atoms with E-state index in [-0.39, 0.29) is 0 Å². The van der Waals surface area contributed by atoms with Gasteiger partial charge in [-0.25, -0.2) is 0 Å². The van der Waals surface area contributed by atoms with Crippen molar-refractivity contribution in [2.45, 2.75) is 38.0 Å². The van der Waals surface area contributed by atoms with Crippen LogP contribution in [0.1, 0.15) is 24.0 Å². The lowest BCUT2D eigenvalue weighted by molar-refractivity contribution is 0.139. The predicted molar refractivity (Wildman–Crippen MR) is 126 cm³/mol. The number of hydrogen-bond acceptors (Lipinski definition) is 4. The Labute approximate surface area is 187 Å². The van der Waals surface area contributed by atoms with E-state index in [9.17, 15) is 0 Å². The molecule has 0 N–H and O–H groups in total. The summed E-state index contributed by atoms with van der Waals surface area (Å²) in [5, 5.41) is 0. The van der Waals surface area contributed by atoms with Gasteiger partial charge < -0.3 is 0 Å². The van der Waals surface area contributed by atoms with Crippen LogP contribution in [-0.2, 0) is 13.1 Å². The van der Waals surface area contributed by atoms with Crippen LogP contribution >= 0.6 is 0 Å². The summed E-state index contributed by atoms with van der Waals surface area (Å²) in [4.78, 5) is 11.0. The largest absolute Gasteiger partial charge is 0.295 e. The third-order valence-corrected chi connectivity index (χ3v) is 8.33. The maximum atomic E-state index is 2.76. The minimum Gasteiger partial charge on any atom is -0.295 e. The van der Waals surface area contributed by atoms with Crippen LogP contribution in [0, 0.1) is 11.8 Å². The van der Waals surface area contributed by atoms with Gasteiger partial charge in [-0.2, -0.15) is 0 Å². The topological polar surface area (TPSA) is 13.0 Å². The molecule has 4 heteroatoms. The van der Waals surface area contributed by atoms with Gasteiger partial charge in [0, 0.05) is 51.4 Å². The van der Waals surface area contributed by atoms with Crippen LogP contribution in [0.5, 0.6) is 0 Å². The number of fused-ring (bicyclic) bond motifs is 2. The summed E-state index contributed by atoms with van der Waals surface area (Å²) < 4.78 is 0. The Morgan fingerprint density at radius 2 is 1.03 bits per heavy atom. The molecule has 0 aromatic heterocycles. The van der Waals surface area contributed by atoms with Crippen LogP contribution in [-0.4, -0.2) is 77.6 Å². The number of rotatable bonds is 6. The summed E-state index contributed by atoms with van der Waals surface area (Å²) in [7, 11) is 0. The fourth-order valence-electron chi connectivity index (χ4n) is 6.81. The number of nitrogens with zero attached hydrogens (tertiary/aromatic N) is 4. The average Bonchev–Trinajstić information content (AvgIpc) is 3.54. The molecule has 2 aromatic carbocycles. The molecule has 0 saturated carbocycles. The SMILES string of the molecule is c1ccc(CN2CC[C@H]3CN(CN4C[C@H]5CCN(Cc6ccccc6)[C@H]5C4)C[C@H]32)cc1. The van der Waals surface area contributed by atoms with Crippen molar-refractivity contribution in [1.29, 1.82) is 0 Å². The van der Waals surface area contributed by atoms with Gasteiger partial charge in [0.05, 0.1) is 6.67 Å². The van der Waals surface area contributed by atoms with Crippen molar-refractivity contribution >= 4 is 0 Å². The number of benzene rings is 2. The molecule has 6 rings (SSSR count). The van der Waals surface area contributed by atoms with Crippen molar-refractivity contribution in [1.82, 2.24) is 19.6 Å². The Hall–Kier alpha value is -1.72. The highest BCUT2D eigenvalue weighted by atomic mass is 15.4. The molecule has 0 bridgehead atoms. The fraction of sp³-hybridized carbons (Fsp3) is 0.556. The predicted octanol–water partition coefficient (Wildman–Crippen LogP) is 3.36. The molecule has 0 amide bonds. The van der Waals surface area contributed by atoms with E-state index in [1.54, 1.807) is 0 Å². The standard InChI is InChI=1S/C27H36N4/c1-3-7-22(8-4-1)15-30-13-11-24-17-28(19-26(24)30)21-29-18-25-12-14-31(27(25)20-29)16-23-9-5-2-6-10-23/h1-10,24-27H,11-21H2/t24-,25+,26+,27-. The van der Waals surface area contributed by atoms with Gasteiger partial charge in [0.25, 0.3) is 0 Å². The summed E-state index contributed by atoms with van der Waals surface area (Å²) in [6, 6.07) is 23.6. The normalized spacial score (nSPS) is 32.0. The minimum atomic E-state index is 0.761. The van der Waals surface area contributed by atoms with E-state index < -0.39 is 0 Å². The van der Waals surface area contributed by atoms with Crippen molar-refractivity contribution in [3.8, 4) is 0 Å². The Morgan fingerprint density at radius 1 is 0.581 bits per heavy atom. The fourth-order valence-corrected chi connectivity index (χ4v) is 6.81. The Kier molecular flexibility index (Phi) is 5.57. The highest BCUT2D eigenvalue weighted by Crippen LogP contribution is 2.35. The summed E-state index contributed by atoms with van der Waals surface area (Å²) >= 11 is 0. The first kappa shape index (κ1) is 19.9. The summed E-state index contributed by atoms with van der Waals surface area (Å²) in [5.41, 5.74) is 2.93. The monoisotopic (exact) mass is 416 g/mol. The third-order valence-electron chi connectivity index (χ3n) is 8.33. The Morgan fingerprint density at radius 3 is 1.48 bits per heavy atom. The zero-order valence-electron chi connectivity index (χ0n) is 18.6. The van der Waals surface area contributed by atoms with Crippen LogP contribution in [0.25, 0.3) is 0 Å². The van der Waals surface area contributed by atoms with E-state index >= 15 is 0 Å². The van der Waals surface area contributed by atoms with Crippen LogP contribution < -0.4 is 0 Å². The number of likely N-dealkylation sites (tertiary alicyclic amines) is 4. The smallest absolute Gasteiger partial charge is 0.0507 e. The summed E-state index contributed by atoms with van der Waals surface area (Å²) in [6.45, 7) is 11.1. The zero-order valence-corrected chi connectivity index (χ0v) is 18.6. The molecule has 4 aliphatic rings. The molecule has 2 aromatic rings. The Bertz CT molecular complexity index is 785. The van der Waals surface area contributed by atoms with E-state index in [4.69, 9.17) is 0 Å². The second-order valence-corrected chi connectivity index (χ2v) is 10.4. The molecule has 164 valence electrons. The van der Waals surface area contributed by atoms with Gasteiger partial charge in [0.1, 0.15) is 0 Å². The number of hydrogen-bond donors (Lipinski definition) is 0. The van der Waals surface area contributed by atoms with E-state index in [1.807, 2.05) is 0 Å². The molecule has 31 heavy (non-hydrogen) atoms. The maximum absolute atomic E-state index is 2.76. The first-order chi connectivity index (χ1) is 15.3. The van der Waals surface area contributed by atoms with Crippen molar-refractivity contribution in [2.24, 2.45) is 11.8 Å². The molecule has 0 unspecified atom stereocenters. The lowest BCUT2D eigenvalue weighted by Crippen LogP contribution is -2.41. The summed E-state index contributed by atoms with van der Waals surface area (Å²) in [6.07, 6.45) is 2.76. The Balaban J connectivity index is 1.02. The maximum Gasteiger partial charge on any atom is 0.0507 e. The van der Waals surface area contributed by atoms with Crippen LogP contribution in [0.2, 0.25) is 0 Å². The van der Waals surface area contributed by atoms with Gasteiger partial charge in [-0.3, -0.25) is 19.6 Å². The zero-order chi connectivity index (χ0) is 20.6. The van der Waals surface area contributed by atoms with E-state index in [2.05, 4.69) is 80.3 Å². The van der Waals surface area contributed by atoms with Crippen molar-refractivity contribution in [3.63, 3.8) is 0 Å². The van der Waals surface area contributed by atoms with Gasteiger partial charge in [0.15, 0.2) is 0 Å². The molecule has 4 aliphatic heterocycles. The highest BCUT2D eigenvalue weighted by Gasteiger charge is 2.44. The molecule has 4 nitrogen and oxygen atoms in total. The molecule has 0 radical (unpaired) electrons. The van der Waals surface area contributed by atoms with Crippen LogP contribution in [0.3, 0.4) is 0 Å². The van der Waals surface area contributed by atoms with Gasteiger partial charge in [-0.05, 0) is 48.9 Å². The van der Waals surface area contributed by atoms with E-state index in [0.717, 1.165) is 37.0 Å². The van der Waals surface area contributed by atoms with Gasteiger partial charge in [-0.1, -0.05) is 60.7 Å². The van der Waals surface area contributed by atoms with Gasteiger partial charge in [0.2, 0.25) is 0 Å². The minimum absolute atomic E-state index is 0.761. The molecule has 0 aliphatic carbocycles. The first-order valence-electron chi connectivity index (χ1n) is 12.3. The van der Waals surface area contributed by atoms with Crippen molar-refractivity contribution in [2.75, 3.05) is 45.9 Å². The van der Waals surface area contributed by atoms with E-state index in [0.29, 0.717) is 0 Å². The molecule has 4 fully saturated rings. The molecule has 4 atom stereocenters. The quantitative estimate of drug-likeness (QED) is 0.716. The van der Waals surface area contributed by atoms with Crippen molar-refractivity contribution < 1.29 is 0 Å². The third kappa shape index (κ3) is 4.19. The van der Waals surface area contributed by atoms with E-state index in [1.165, 1.54) is 69.9 Å². The lowest BCUT2D eigenvalue weighted by atomic mass is 10.0. The molecular formula is C27H36N4. The molecule has 4 saturated heterocycles. The van der Waals surface area contributed by atoms with Crippen LogP contribution in [0.4, 0.5) is 0 Å². The highest BCUT2D eigenvalue weighted by molar-refractivity contribution is 5.16. The average molecular weight is 417 g/mol. The van der Waals surface area contributed by atoms with Crippen molar-refractivity contribution in [3.05, 3.63) is 71.8 Å². The molecule has 0 spiro atoms. The second kappa shape index (κ2) is 8.67. The van der Waals surface area contributed by atoms with Crippen LogP contribution in [0.15, 0.2) is 60.7 Å². The second-order valence-electron chi connectivity index (χ2n) is 10.4. The lowest BCUT2D eigenvalue weighted by Gasteiger charge is -2.29. The molecule has 4 heterocycles. The summed E-state index contributed by atoms with van der Waals surface area (Å²) in [5.74, 6) is 1.75. The van der Waals surface area contributed by atoms with Gasteiger partial charge in [-0.15, -0.1) is 0 Å².